The summed E-state index contributed by atoms with van der Waals surface area (Å²) in [7, 11) is 1.89. The first-order valence-electron chi connectivity index (χ1n) is 7.33. The van der Waals surface area contributed by atoms with E-state index in [9.17, 15) is 4.79 Å². The lowest BCUT2D eigenvalue weighted by Crippen LogP contribution is -2.34. The molecule has 1 heterocycles. The van der Waals surface area contributed by atoms with Crippen molar-refractivity contribution in [3.8, 4) is 0 Å². The van der Waals surface area contributed by atoms with E-state index >= 15 is 0 Å². The van der Waals surface area contributed by atoms with Gasteiger partial charge < -0.3 is 10.2 Å². The Bertz CT molecular complexity index is 639. The van der Waals surface area contributed by atoms with Crippen LogP contribution < -0.4 is 5.32 Å². The van der Waals surface area contributed by atoms with E-state index in [0.717, 1.165) is 16.8 Å². The number of hydrogen-bond acceptors (Lipinski definition) is 2. The van der Waals surface area contributed by atoms with Gasteiger partial charge in [0.1, 0.15) is 0 Å². The quantitative estimate of drug-likeness (QED) is 0.934. The molecule has 2 aromatic carbocycles. The van der Waals surface area contributed by atoms with Crippen molar-refractivity contribution in [2.45, 2.75) is 18.9 Å². The van der Waals surface area contributed by atoms with E-state index in [1.165, 1.54) is 0 Å². The van der Waals surface area contributed by atoms with E-state index in [0.29, 0.717) is 6.54 Å². The molecule has 108 valence electrons. The van der Waals surface area contributed by atoms with E-state index in [-0.39, 0.29) is 17.9 Å². The van der Waals surface area contributed by atoms with Gasteiger partial charge in [-0.2, -0.15) is 0 Å². The molecule has 21 heavy (non-hydrogen) atoms. The molecule has 2 aromatic rings. The predicted molar refractivity (Wildman–Crippen MR) is 85.3 cm³/mol. The van der Waals surface area contributed by atoms with E-state index in [2.05, 4.69) is 24.4 Å². The zero-order valence-electron chi connectivity index (χ0n) is 12.4. The van der Waals surface area contributed by atoms with Crippen molar-refractivity contribution >= 4 is 11.6 Å². The van der Waals surface area contributed by atoms with Gasteiger partial charge in [-0.15, -0.1) is 0 Å². The monoisotopic (exact) mass is 280 g/mol. The number of nitrogens with one attached hydrogen (secondary N) is 1. The highest BCUT2D eigenvalue weighted by Crippen LogP contribution is 2.33. The fourth-order valence-corrected chi connectivity index (χ4v) is 2.90. The number of fused-ring (bicyclic) bond motifs is 1. The second-order valence-electron chi connectivity index (χ2n) is 5.56. The summed E-state index contributed by atoms with van der Waals surface area (Å²) in [5.74, 6) is 0.0844. The maximum Gasteiger partial charge on any atom is 0.232 e. The van der Waals surface area contributed by atoms with Crippen molar-refractivity contribution in [2.24, 2.45) is 0 Å². The lowest BCUT2D eigenvalue weighted by molar-refractivity contribution is -0.133. The third kappa shape index (κ3) is 2.51. The minimum absolute atomic E-state index is 0.0754. The summed E-state index contributed by atoms with van der Waals surface area (Å²) in [6, 6.07) is 18.3. The summed E-state index contributed by atoms with van der Waals surface area (Å²) in [6.45, 7) is 2.76. The first-order valence-corrected chi connectivity index (χ1v) is 7.33. The average molecular weight is 280 g/mol. The highest BCUT2D eigenvalue weighted by atomic mass is 16.2. The Hall–Kier alpha value is -2.29. The van der Waals surface area contributed by atoms with Crippen molar-refractivity contribution in [3.05, 3.63) is 65.7 Å². The number of carbonyl (C=O) groups is 1. The average Bonchev–Trinajstić information content (AvgIpc) is 2.97. The van der Waals surface area contributed by atoms with Crippen LogP contribution in [0.2, 0.25) is 0 Å². The lowest BCUT2D eigenvalue weighted by Gasteiger charge is -2.28. The number of rotatable bonds is 3. The smallest absolute Gasteiger partial charge is 0.232 e. The normalized spacial score (nSPS) is 17.7. The summed E-state index contributed by atoms with van der Waals surface area (Å²) in [4.78, 5) is 14.7. The Balaban J connectivity index is 1.80. The van der Waals surface area contributed by atoms with Gasteiger partial charge in [-0.3, -0.25) is 4.79 Å². The van der Waals surface area contributed by atoms with Gasteiger partial charge in [0, 0.05) is 19.3 Å². The molecule has 0 radical (unpaired) electrons. The molecule has 3 heteroatoms. The number of carbonyl (C=O) groups excluding carboxylic acids is 1. The topological polar surface area (TPSA) is 32.3 Å². The van der Waals surface area contributed by atoms with Crippen molar-refractivity contribution in [2.75, 3.05) is 18.9 Å². The summed E-state index contributed by atoms with van der Waals surface area (Å²) in [6.07, 6.45) is 0. The molecule has 0 fully saturated rings. The largest absolute Gasteiger partial charge is 0.384 e. The van der Waals surface area contributed by atoms with Crippen LogP contribution >= 0.6 is 0 Å². The van der Waals surface area contributed by atoms with E-state index < -0.39 is 0 Å². The van der Waals surface area contributed by atoms with Crippen LogP contribution in [0.4, 0.5) is 5.69 Å². The second-order valence-corrected chi connectivity index (χ2v) is 5.56. The Morgan fingerprint density at radius 3 is 2.57 bits per heavy atom. The molecule has 2 unspecified atom stereocenters. The van der Waals surface area contributed by atoms with Gasteiger partial charge in [0.05, 0.1) is 12.0 Å². The zero-order valence-corrected chi connectivity index (χ0v) is 12.4. The first-order chi connectivity index (χ1) is 10.2. The molecule has 2 atom stereocenters. The lowest BCUT2D eigenvalue weighted by atomic mass is 9.98. The van der Waals surface area contributed by atoms with Crippen molar-refractivity contribution in [3.63, 3.8) is 0 Å². The Kier molecular flexibility index (Phi) is 3.65. The van der Waals surface area contributed by atoms with Crippen LogP contribution in [0.5, 0.6) is 0 Å². The Morgan fingerprint density at radius 2 is 1.81 bits per heavy atom. The number of para-hydroxylation sites is 1. The standard InChI is InChI=1S/C18H20N2O/c1-13(14-8-4-3-5-9-14)20(2)18(21)16-12-19-17-11-7-6-10-15(16)17/h3-11,13,16,19H,12H2,1-2H3. The van der Waals surface area contributed by atoms with Gasteiger partial charge in [0.15, 0.2) is 0 Å². The summed E-state index contributed by atoms with van der Waals surface area (Å²) in [5.41, 5.74) is 3.35. The van der Waals surface area contributed by atoms with Crippen molar-refractivity contribution in [1.29, 1.82) is 0 Å². The molecular weight excluding hydrogens is 260 g/mol. The van der Waals surface area contributed by atoms with Crippen LogP contribution in [0.15, 0.2) is 54.6 Å². The molecule has 1 N–H and O–H groups in total. The fraction of sp³-hybridized carbons (Fsp3) is 0.278. The van der Waals surface area contributed by atoms with Gasteiger partial charge in [0.2, 0.25) is 5.91 Å². The van der Waals surface area contributed by atoms with Crippen molar-refractivity contribution < 1.29 is 4.79 Å². The SMILES string of the molecule is CC(c1ccccc1)N(C)C(=O)C1CNc2ccccc21. The maximum absolute atomic E-state index is 12.8. The molecule has 0 saturated heterocycles. The van der Waals surface area contributed by atoms with Crippen LogP contribution in [-0.2, 0) is 4.79 Å². The van der Waals surface area contributed by atoms with Gasteiger partial charge in [-0.25, -0.2) is 0 Å². The molecule has 0 bridgehead atoms. The van der Waals surface area contributed by atoms with E-state index in [1.807, 2.05) is 54.4 Å². The molecule has 0 aromatic heterocycles. The summed E-state index contributed by atoms with van der Waals surface area (Å²) in [5, 5.41) is 3.32. The second kappa shape index (κ2) is 5.60. The molecular formula is C18H20N2O. The van der Waals surface area contributed by atoms with Crippen LogP contribution in [0.25, 0.3) is 0 Å². The summed E-state index contributed by atoms with van der Waals surface area (Å²) >= 11 is 0. The molecule has 0 spiro atoms. The first kappa shape index (κ1) is 13.7. The van der Waals surface area contributed by atoms with Gasteiger partial charge in [-0.1, -0.05) is 48.5 Å². The van der Waals surface area contributed by atoms with Gasteiger partial charge >= 0.3 is 0 Å². The highest BCUT2D eigenvalue weighted by Gasteiger charge is 2.32. The minimum Gasteiger partial charge on any atom is -0.384 e. The van der Waals surface area contributed by atoms with Crippen LogP contribution in [0.1, 0.15) is 30.0 Å². The maximum atomic E-state index is 12.8. The molecule has 1 aliphatic rings. The molecule has 3 nitrogen and oxygen atoms in total. The fourth-order valence-electron chi connectivity index (χ4n) is 2.90. The third-order valence-electron chi connectivity index (χ3n) is 4.34. The molecule has 1 aliphatic heterocycles. The molecule has 0 saturated carbocycles. The number of anilines is 1. The molecule has 1 amide bonds. The van der Waals surface area contributed by atoms with E-state index in [1.54, 1.807) is 0 Å². The number of nitrogens with zero attached hydrogens (tertiary/aromatic N) is 1. The van der Waals surface area contributed by atoms with E-state index in [4.69, 9.17) is 0 Å². The Morgan fingerprint density at radius 1 is 1.14 bits per heavy atom. The minimum atomic E-state index is -0.0858. The number of amides is 1. The van der Waals surface area contributed by atoms with Crippen LogP contribution in [0.3, 0.4) is 0 Å². The highest BCUT2D eigenvalue weighted by molar-refractivity contribution is 5.88. The predicted octanol–water partition coefficient (Wildman–Crippen LogP) is 3.42. The Labute approximate surface area is 125 Å². The van der Waals surface area contributed by atoms with Crippen molar-refractivity contribution in [1.82, 2.24) is 4.90 Å². The summed E-state index contributed by atoms with van der Waals surface area (Å²) < 4.78 is 0. The molecule has 0 aliphatic carbocycles. The van der Waals surface area contributed by atoms with Crippen LogP contribution in [-0.4, -0.2) is 24.4 Å². The molecule has 3 rings (SSSR count). The number of hydrogen-bond donors (Lipinski definition) is 1. The van der Waals surface area contributed by atoms with Crippen LogP contribution in [0, 0.1) is 0 Å². The number of benzene rings is 2. The van der Waals surface area contributed by atoms with Gasteiger partial charge in [-0.05, 0) is 24.1 Å². The third-order valence-corrected chi connectivity index (χ3v) is 4.34. The van der Waals surface area contributed by atoms with Gasteiger partial charge in [0.25, 0.3) is 0 Å². The number of likely N-dealkylation sites (N-methyl/N-ethyl adjacent to an activating group) is 1. The zero-order chi connectivity index (χ0) is 14.8.